The number of hydrogen-bond donors (Lipinski definition) is 0. The molecule has 0 aliphatic rings. The Morgan fingerprint density at radius 1 is 1.43 bits per heavy atom. The molecule has 0 aliphatic carbocycles. The molecule has 0 saturated carbocycles. The summed E-state index contributed by atoms with van der Waals surface area (Å²) in [6, 6.07) is 2.60. The van der Waals surface area contributed by atoms with E-state index in [0.717, 1.165) is 17.7 Å². The average molecular weight is 259 g/mol. The van der Waals surface area contributed by atoms with Crippen molar-refractivity contribution in [2.24, 2.45) is 5.92 Å². The first-order valence-electron chi connectivity index (χ1n) is 5.23. The Hall–Kier alpha value is -0.310. The zero-order chi connectivity index (χ0) is 10.6. The predicted octanol–water partition coefficient (Wildman–Crippen LogP) is 3.43. The lowest BCUT2D eigenvalue weighted by molar-refractivity contribution is 0.519. The lowest BCUT2D eigenvalue weighted by atomic mass is 10.1. The molecule has 0 amide bonds. The fourth-order valence-corrected chi connectivity index (χ4v) is 1.59. The molecular weight excluding hydrogens is 240 g/mol. The van der Waals surface area contributed by atoms with E-state index in [0.29, 0.717) is 6.04 Å². The molecule has 1 heterocycles. The van der Waals surface area contributed by atoms with E-state index in [4.69, 9.17) is 0 Å². The molecule has 14 heavy (non-hydrogen) atoms. The Balaban J connectivity index is 2.44. The van der Waals surface area contributed by atoms with Crippen LogP contribution in [0.15, 0.2) is 12.3 Å². The minimum atomic E-state index is 0.470. The first kappa shape index (κ1) is 11.8. The SMILES string of the molecule is CC(CBr)CCc1ccn(C(C)C)n1. The van der Waals surface area contributed by atoms with Gasteiger partial charge < -0.3 is 0 Å². The number of alkyl halides is 1. The third-order valence-electron chi connectivity index (χ3n) is 2.35. The van der Waals surface area contributed by atoms with E-state index < -0.39 is 0 Å². The summed E-state index contributed by atoms with van der Waals surface area (Å²) in [5, 5.41) is 5.60. The van der Waals surface area contributed by atoms with Crippen molar-refractivity contribution in [2.75, 3.05) is 5.33 Å². The van der Waals surface area contributed by atoms with Crippen LogP contribution in [0.3, 0.4) is 0 Å². The van der Waals surface area contributed by atoms with Gasteiger partial charge in [-0.1, -0.05) is 22.9 Å². The minimum Gasteiger partial charge on any atom is -0.270 e. The van der Waals surface area contributed by atoms with Crippen molar-refractivity contribution in [3.05, 3.63) is 18.0 Å². The number of halogens is 1. The third-order valence-corrected chi connectivity index (χ3v) is 3.45. The maximum atomic E-state index is 4.52. The zero-order valence-corrected chi connectivity index (χ0v) is 10.8. The van der Waals surface area contributed by atoms with Gasteiger partial charge in [0.2, 0.25) is 0 Å². The molecule has 1 unspecified atom stereocenters. The maximum Gasteiger partial charge on any atom is 0.0624 e. The lowest BCUT2D eigenvalue weighted by Crippen LogP contribution is -2.03. The summed E-state index contributed by atoms with van der Waals surface area (Å²) >= 11 is 3.49. The van der Waals surface area contributed by atoms with Gasteiger partial charge in [0.15, 0.2) is 0 Å². The van der Waals surface area contributed by atoms with Gasteiger partial charge in [-0.2, -0.15) is 5.10 Å². The van der Waals surface area contributed by atoms with Gasteiger partial charge in [0.05, 0.1) is 5.69 Å². The Labute approximate surface area is 94.8 Å². The van der Waals surface area contributed by atoms with Gasteiger partial charge in [-0.25, -0.2) is 0 Å². The molecular formula is C11H19BrN2. The Morgan fingerprint density at radius 3 is 2.64 bits per heavy atom. The summed E-state index contributed by atoms with van der Waals surface area (Å²) in [5.41, 5.74) is 1.21. The van der Waals surface area contributed by atoms with E-state index >= 15 is 0 Å². The molecule has 0 radical (unpaired) electrons. The molecule has 0 fully saturated rings. The van der Waals surface area contributed by atoms with Crippen molar-refractivity contribution in [1.29, 1.82) is 0 Å². The highest BCUT2D eigenvalue weighted by Crippen LogP contribution is 2.11. The number of hydrogen-bond acceptors (Lipinski definition) is 1. The summed E-state index contributed by atoms with van der Waals surface area (Å²) in [7, 11) is 0. The normalized spacial score (nSPS) is 13.5. The lowest BCUT2D eigenvalue weighted by Gasteiger charge is -2.06. The van der Waals surface area contributed by atoms with Crippen molar-refractivity contribution in [1.82, 2.24) is 9.78 Å². The molecule has 0 aromatic carbocycles. The number of rotatable bonds is 5. The number of nitrogens with zero attached hydrogens (tertiary/aromatic N) is 2. The molecule has 0 saturated heterocycles. The van der Waals surface area contributed by atoms with Crippen LogP contribution in [0.1, 0.15) is 38.9 Å². The molecule has 2 nitrogen and oxygen atoms in total. The van der Waals surface area contributed by atoms with Gasteiger partial charge in [0.25, 0.3) is 0 Å². The van der Waals surface area contributed by atoms with Crippen LogP contribution >= 0.6 is 15.9 Å². The summed E-state index contributed by atoms with van der Waals surface area (Å²) in [5.74, 6) is 0.735. The highest BCUT2D eigenvalue weighted by molar-refractivity contribution is 9.09. The molecule has 1 aromatic heterocycles. The maximum absolute atomic E-state index is 4.52. The van der Waals surface area contributed by atoms with Crippen LogP contribution in [0, 0.1) is 5.92 Å². The van der Waals surface area contributed by atoms with Crippen molar-refractivity contribution >= 4 is 15.9 Å². The van der Waals surface area contributed by atoms with E-state index in [9.17, 15) is 0 Å². The fourth-order valence-electron chi connectivity index (χ4n) is 1.27. The fraction of sp³-hybridized carbons (Fsp3) is 0.727. The van der Waals surface area contributed by atoms with E-state index in [-0.39, 0.29) is 0 Å². The predicted molar refractivity (Wildman–Crippen MR) is 63.9 cm³/mol. The molecule has 0 aliphatic heterocycles. The quantitative estimate of drug-likeness (QED) is 0.741. The van der Waals surface area contributed by atoms with E-state index in [2.05, 4.69) is 54.1 Å². The zero-order valence-electron chi connectivity index (χ0n) is 9.20. The minimum absolute atomic E-state index is 0.470. The van der Waals surface area contributed by atoms with Crippen LogP contribution in [0.4, 0.5) is 0 Å². The summed E-state index contributed by atoms with van der Waals surface area (Å²) in [6.45, 7) is 6.56. The molecule has 1 atom stereocenters. The largest absolute Gasteiger partial charge is 0.270 e. The summed E-state index contributed by atoms with van der Waals surface area (Å²) in [6.07, 6.45) is 4.37. The summed E-state index contributed by atoms with van der Waals surface area (Å²) < 4.78 is 2.02. The van der Waals surface area contributed by atoms with Gasteiger partial charge in [-0.3, -0.25) is 4.68 Å². The first-order chi connectivity index (χ1) is 6.63. The number of aryl methyl sites for hydroxylation is 1. The van der Waals surface area contributed by atoms with Gasteiger partial charge >= 0.3 is 0 Å². The molecule has 0 bridgehead atoms. The van der Waals surface area contributed by atoms with Crippen LogP contribution in [0.5, 0.6) is 0 Å². The van der Waals surface area contributed by atoms with Crippen LogP contribution < -0.4 is 0 Å². The van der Waals surface area contributed by atoms with Crippen LogP contribution in [0.25, 0.3) is 0 Å². The Kier molecular flexibility index (Phi) is 4.66. The van der Waals surface area contributed by atoms with E-state index in [1.165, 1.54) is 12.1 Å². The van der Waals surface area contributed by atoms with Gasteiger partial charge in [0, 0.05) is 17.6 Å². The second-order valence-corrected chi connectivity index (χ2v) is 4.83. The molecule has 1 rings (SSSR count). The second kappa shape index (κ2) is 5.54. The average Bonchev–Trinajstić information content (AvgIpc) is 2.62. The molecule has 0 spiro atoms. The van der Waals surface area contributed by atoms with Gasteiger partial charge in [0.1, 0.15) is 0 Å². The van der Waals surface area contributed by atoms with Crippen molar-refractivity contribution in [2.45, 2.75) is 39.7 Å². The van der Waals surface area contributed by atoms with Gasteiger partial charge in [-0.05, 0) is 38.7 Å². The van der Waals surface area contributed by atoms with E-state index in [1.807, 2.05) is 4.68 Å². The summed E-state index contributed by atoms with van der Waals surface area (Å²) in [4.78, 5) is 0. The Bertz CT molecular complexity index is 268. The highest BCUT2D eigenvalue weighted by Gasteiger charge is 2.04. The number of aromatic nitrogens is 2. The molecule has 80 valence electrons. The van der Waals surface area contributed by atoms with Crippen molar-refractivity contribution in [3.8, 4) is 0 Å². The second-order valence-electron chi connectivity index (χ2n) is 4.18. The van der Waals surface area contributed by atoms with Crippen molar-refractivity contribution < 1.29 is 0 Å². The molecule has 0 N–H and O–H groups in total. The smallest absolute Gasteiger partial charge is 0.0624 e. The third kappa shape index (κ3) is 3.45. The van der Waals surface area contributed by atoms with Gasteiger partial charge in [-0.15, -0.1) is 0 Å². The molecule has 1 aromatic rings. The van der Waals surface area contributed by atoms with Crippen LogP contribution in [-0.4, -0.2) is 15.1 Å². The standard InChI is InChI=1S/C11H19BrN2/c1-9(2)14-7-6-11(13-14)5-4-10(3)8-12/h6-7,9-10H,4-5,8H2,1-3H3. The highest BCUT2D eigenvalue weighted by atomic mass is 79.9. The first-order valence-corrected chi connectivity index (χ1v) is 6.35. The Morgan fingerprint density at radius 2 is 2.14 bits per heavy atom. The monoisotopic (exact) mass is 258 g/mol. The van der Waals surface area contributed by atoms with Crippen LogP contribution in [0.2, 0.25) is 0 Å². The topological polar surface area (TPSA) is 17.8 Å². The van der Waals surface area contributed by atoms with Crippen LogP contribution in [-0.2, 0) is 6.42 Å². The van der Waals surface area contributed by atoms with E-state index in [1.54, 1.807) is 0 Å². The van der Waals surface area contributed by atoms with Crippen molar-refractivity contribution in [3.63, 3.8) is 0 Å². The molecule has 3 heteroatoms.